The highest BCUT2D eigenvalue weighted by Crippen LogP contribution is 2.17. The van der Waals surface area contributed by atoms with Crippen LogP contribution in [0.25, 0.3) is 11.1 Å². The largest absolute Gasteiger partial charge is 0.478 e. The Labute approximate surface area is 86.2 Å². The Morgan fingerprint density at radius 2 is 1.80 bits per heavy atom. The van der Waals surface area contributed by atoms with Gasteiger partial charge in [-0.2, -0.15) is 0 Å². The predicted molar refractivity (Wildman–Crippen MR) is 54.4 cm³/mol. The summed E-state index contributed by atoms with van der Waals surface area (Å²) < 4.78 is 0. The molecule has 1 N–H and O–H groups in total. The van der Waals surface area contributed by atoms with Crippen molar-refractivity contribution in [3.63, 3.8) is 0 Å². The summed E-state index contributed by atoms with van der Waals surface area (Å²) in [4.78, 5) is 18.5. The molecule has 0 spiro atoms. The Balaban J connectivity index is 2.46. The number of carboxylic acid groups (broad SMARTS) is 1. The number of pyridine rings is 2. The maximum atomic E-state index is 10.7. The Kier molecular flexibility index (Phi) is 2.41. The molecule has 0 fully saturated rings. The molecule has 2 aromatic heterocycles. The molecule has 0 aromatic carbocycles. The summed E-state index contributed by atoms with van der Waals surface area (Å²) in [7, 11) is 0. The van der Waals surface area contributed by atoms with E-state index in [2.05, 4.69) is 9.97 Å². The van der Waals surface area contributed by atoms with Gasteiger partial charge in [-0.3, -0.25) is 9.97 Å². The van der Waals surface area contributed by atoms with Gasteiger partial charge in [0.25, 0.3) is 0 Å². The minimum Gasteiger partial charge on any atom is -0.478 e. The van der Waals surface area contributed by atoms with E-state index in [1.807, 2.05) is 12.1 Å². The lowest BCUT2D eigenvalue weighted by molar-refractivity contribution is 0.0696. The first-order valence-corrected chi connectivity index (χ1v) is 4.36. The minimum atomic E-state index is -0.974. The Hall–Kier alpha value is -2.23. The monoisotopic (exact) mass is 200 g/mol. The zero-order valence-corrected chi connectivity index (χ0v) is 7.79. The van der Waals surface area contributed by atoms with Crippen molar-refractivity contribution >= 4 is 5.97 Å². The first-order chi connectivity index (χ1) is 7.27. The Morgan fingerprint density at radius 1 is 1.07 bits per heavy atom. The predicted octanol–water partition coefficient (Wildman–Crippen LogP) is 1.84. The van der Waals surface area contributed by atoms with E-state index >= 15 is 0 Å². The molecule has 0 aliphatic heterocycles. The zero-order valence-electron chi connectivity index (χ0n) is 7.79. The van der Waals surface area contributed by atoms with Crippen molar-refractivity contribution in [2.24, 2.45) is 0 Å². The van der Waals surface area contributed by atoms with Gasteiger partial charge in [0.15, 0.2) is 0 Å². The van der Waals surface area contributed by atoms with Crippen LogP contribution in [0.5, 0.6) is 0 Å². The van der Waals surface area contributed by atoms with E-state index in [1.54, 1.807) is 24.7 Å². The molecule has 0 aliphatic rings. The molecule has 0 atom stereocenters. The van der Waals surface area contributed by atoms with Crippen LogP contribution in [0.3, 0.4) is 0 Å². The summed E-state index contributed by atoms with van der Waals surface area (Å²) in [5, 5.41) is 8.80. The molecular weight excluding hydrogens is 192 g/mol. The van der Waals surface area contributed by atoms with E-state index in [0.29, 0.717) is 0 Å². The second-order valence-electron chi connectivity index (χ2n) is 3.00. The average molecular weight is 200 g/mol. The first-order valence-electron chi connectivity index (χ1n) is 4.36. The van der Waals surface area contributed by atoms with E-state index in [1.165, 1.54) is 6.20 Å². The molecule has 0 saturated carbocycles. The summed E-state index contributed by atoms with van der Waals surface area (Å²) in [6, 6.07) is 5.20. The van der Waals surface area contributed by atoms with Gasteiger partial charge in [0, 0.05) is 30.4 Å². The van der Waals surface area contributed by atoms with Crippen molar-refractivity contribution in [3.8, 4) is 11.1 Å². The van der Waals surface area contributed by atoms with Crippen LogP contribution in [0, 0.1) is 0 Å². The number of rotatable bonds is 2. The van der Waals surface area contributed by atoms with Gasteiger partial charge in [-0.05, 0) is 23.8 Å². The SMILES string of the molecule is O=C(O)c1cncc(-c2ccncc2)c1. The maximum absolute atomic E-state index is 10.7. The molecule has 0 radical (unpaired) electrons. The standard InChI is InChI=1S/C11H8N2O2/c14-11(15)10-5-9(6-13-7-10)8-1-3-12-4-2-8/h1-7H,(H,14,15). The first kappa shape index (κ1) is 9.33. The van der Waals surface area contributed by atoms with Crippen molar-refractivity contribution in [2.75, 3.05) is 0 Å². The molecule has 0 unspecified atom stereocenters. The Morgan fingerprint density at radius 3 is 2.47 bits per heavy atom. The van der Waals surface area contributed by atoms with E-state index in [-0.39, 0.29) is 5.56 Å². The van der Waals surface area contributed by atoms with Crippen molar-refractivity contribution in [1.82, 2.24) is 9.97 Å². The molecule has 2 heterocycles. The zero-order chi connectivity index (χ0) is 10.7. The van der Waals surface area contributed by atoms with Gasteiger partial charge in [-0.1, -0.05) is 0 Å². The van der Waals surface area contributed by atoms with Crippen molar-refractivity contribution in [1.29, 1.82) is 0 Å². The number of aromatic carboxylic acids is 1. The summed E-state index contributed by atoms with van der Waals surface area (Å²) in [5.74, 6) is -0.974. The molecule has 0 aliphatic carbocycles. The quantitative estimate of drug-likeness (QED) is 0.803. The lowest BCUT2D eigenvalue weighted by Crippen LogP contribution is -1.97. The van der Waals surface area contributed by atoms with Crippen molar-refractivity contribution < 1.29 is 9.90 Å². The summed E-state index contributed by atoms with van der Waals surface area (Å²) in [5.41, 5.74) is 1.86. The number of hydrogen-bond acceptors (Lipinski definition) is 3. The Bertz CT molecular complexity index is 483. The van der Waals surface area contributed by atoms with Crippen LogP contribution in [-0.4, -0.2) is 21.0 Å². The highest BCUT2D eigenvalue weighted by molar-refractivity contribution is 5.88. The lowest BCUT2D eigenvalue weighted by atomic mass is 10.1. The third kappa shape index (κ3) is 1.99. The lowest BCUT2D eigenvalue weighted by Gasteiger charge is -2.01. The van der Waals surface area contributed by atoms with Gasteiger partial charge >= 0.3 is 5.97 Å². The maximum Gasteiger partial charge on any atom is 0.337 e. The number of carboxylic acids is 1. The van der Waals surface area contributed by atoms with Crippen LogP contribution in [0.15, 0.2) is 43.0 Å². The van der Waals surface area contributed by atoms with E-state index < -0.39 is 5.97 Å². The normalized spacial score (nSPS) is 9.87. The third-order valence-corrected chi connectivity index (χ3v) is 2.00. The molecule has 4 nitrogen and oxygen atoms in total. The van der Waals surface area contributed by atoms with Crippen LogP contribution in [0.4, 0.5) is 0 Å². The number of hydrogen-bond donors (Lipinski definition) is 1. The average Bonchev–Trinajstić information content (AvgIpc) is 2.30. The van der Waals surface area contributed by atoms with Gasteiger partial charge in [0.1, 0.15) is 0 Å². The van der Waals surface area contributed by atoms with Crippen LogP contribution >= 0.6 is 0 Å². The molecule has 4 heteroatoms. The van der Waals surface area contributed by atoms with Gasteiger partial charge in [0.2, 0.25) is 0 Å². The topological polar surface area (TPSA) is 63.1 Å². The van der Waals surface area contributed by atoms with Crippen molar-refractivity contribution in [2.45, 2.75) is 0 Å². The molecule has 0 amide bonds. The second kappa shape index (κ2) is 3.88. The molecule has 74 valence electrons. The second-order valence-corrected chi connectivity index (χ2v) is 3.00. The highest BCUT2D eigenvalue weighted by atomic mass is 16.4. The molecule has 0 saturated heterocycles. The van der Waals surface area contributed by atoms with Gasteiger partial charge in [-0.25, -0.2) is 4.79 Å². The van der Waals surface area contributed by atoms with Gasteiger partial charge in [0.05, 0.1) is 5.56 Å². The molecule has 0 bridgehead atoms. The van der Waals surface area contributed by atoms with Gasteiger partial charge in [-0.15, -0.1) is 0 Å². The third-order valence-electron chi connectivity index (χ3n) is 2.00. The molecule has 2 rings (SSSR count). The summed E-state index contributed by atoms with van der Waals surface area (Å²) in [6.07, 6.45) is 6.26. The fourth-order valence-corrected chi connectivity index (χ4v) is 1.26. The fraction of sp³-hybridized carbons (Fsp3) is 0. The smallest absolute Gasteiger partial charge is 0.337 e. The number of nitrogens with zero attached hydrogens (tertiary/aromatic N) is 2. The fourth-order valence-electron chi connectivity index (χ4n) is 1.26. The van der Waals surface area contributed by atoms with Crippen LogP contribution < -0.4 is 0 Å². The van der Waals surface area contributed by atoms with Crippen LogP contribution in [0.1, 0.15) is 10.4 Å². The molecule has 2 aromatic rings. The molecular formula is C11H8N2O2. The van der Waals surface area contributed by atoms with Crippen LogP contribution in [0.2, 0.25) is 0 Å². The summed E-state index contributed by atoms with van der Waals surface area (Å²) >= 11 is 0. The van der Waals surface area contributed by atoms with Gasteiger partial charge < -0.3 is 5.11 Å². The number of carbonyl (C=O) groups is 1. The van der Waals surface area contributed by atoms with E-state index in [9.17, 15) is 4.79 Å². The van der Waals surface area contributed by atoms with E-state index in [4.69, 9.17) is 5.11 Å². The number of aromatic nitrogens is 2. The highest BCUT2D eigenvalue weighted by Gasteiger charge is 2.04. The summed E-state index contributed by atoms with van der Waals surface area (Å²) in [6.45, 7) is 0. The van der Waals surface area contributed by atoms with Crippen LogP contribution in [-0.2, 0) is 0 Å². The minimum absolute atomic E-state index is 0.185. The van der Waals surface area contributed by atoms with Crippen molar-refractivity contribution in [3.05, 3.63) is 48.5 Å². The molecule has 15 heavy (non-hydrogen) atoms. The van der Waals surface area contributed by atoms with E-state index in [0.717, 1.165) is 11.1 Å².